The Bertz CT molecular complexity index is 930. The van der Waals surface area contributed by atoms with Crippen molar-refractivity contribution in [2.24, 2.45) is 0 Å². The van der Waals surface area contributed by atoms with Gasteiger partial charge in [-0.15, -0.1) is 10.2 Å². The van der Waals surface area contributed by atoms with Gasteiger partial charge >= 0.3 is 0 Å². The zero-order valence-corrected chi connectivity index (χ0v) is 17.5. The highest BCUT2D eigenvalue weighted by Gasteiger charge is 2.15. The predicted molar refractivity (Wildman–Crippen MR) is 115 cm³/mol. The summed E-state index contributed by atoms with van der Waals surface area (Å²) >= 11 is 1.38. The van der Waals surface area contributed by atoms with E-state index in [2.05, 4.69) is 20.5 Å². The summed E-state index contributed by atoms with van der Waals surface area (Å²) in [5.41, 5.74) is 2.85. The van der Waals surface area contributed by atoms with Crippen LogP contribution in [0.4, 0.5) is 5.69 Å². The SMILES string of the molecule is CCOCCCn1c(SCC(=O)Nc2cccc(C)c2)nnc1-c1ccncc1. The molecule has 0 bridgehead atoms. The lowest BCUT2D eigenvalue weighted by atomic mass is 10.2. The van der Waals surface area contributed by atoms with E-state index in [1.165, 1.54) is 11.8 Å². The zero-order valence-electron chi connectivity index (χ0n) is 16.7. The summed E-state index contributed by atoms with van der Waals surface area (Å²) < 4.78 is 7.50. The standard InChI is InChI=1S/C21H25N5O2S/c1-3-28-13-5-12-26-20(17-8-10-22-11-9-17)24-25-21(26)29-15-19(27)23-18-7-4-6-16(2)14-18/h4,6-11,14H,3,5,12-13,15H2,1-2H3,(H,23,27). The summed E-state index contributed by atoms with van der Waals surface area (Å²) in [4.78, 5) is 16.4. The summed E-state index contributed by atoms with van der Waals surface area (Å²) in [5.74, 6) is 0.953. The molecule has 1 amide bonds. The first-order valence-corrected chi connectivity index (χ1v) is 10.6. The Kier molecular flexibility index (Phi) is 7.77. The summed E-state index contributed by atoms with van der Waals surface area (Å²) in [6, 6.07) is 11.6. The molecule has 0 aliphatic rings. The number of rotatable bonds is 10. The van der Waals surface area contributed by atoms with Crippen molar-refractivity contribution in [3.05, 3.63) is 54.4 Å². The number of benzene rings is 1. The first-order valence-electron chi connectivity index (χ1n) is 9.58. The Morgan fingerprint density at radius 3 is 2.79 bits per heavy atom. The van der Waals surface area contributed by atoms with E-state index in [4.69, 9.17) is 4.74 Å². The minimum atomic E-state index is -0.0741. The van der Waals surface area contributed by atoms with Gasteiger partial charge in [0.15, 0.2) is 11.0 Å². The van der Waals surface area contributed by atoms with E-state index in [0.717, 1.165) is 29.1 Å². The van der Waals surface area contributed by atoms with E-state index in [1.807, 2.05) is 54.8 Å². The van der Waals surface area contributed by atoms with Crippen molar-refractivity contribution >= 4 is 23.4 Å². The lowest BCUT2D eigenvalue weighted by Crippen LogP contribution is -2.15. The Balaban J connectivity index is 1.68. The Morgan fingerprint density at radius 2 is 2.03 bits per heavy atom. The highest BCUT2D eigenvalue weighted by atomic mass is 32.2. The number of pyridine rings is 1. The first kappa shape index (κ1) is 21.0. The van der Waals surface area contributed by atoms with E-state index in [1.54, 1.807) is 12.4 Å². The van der Waals surface area contributed by atoms with Crippen LogP contribution in [0.2, 0.25) is 0 Å². The summed E-state index contributed by atoms with van der Waals surface area (Å²) in [7, 11) is 0. The van der Waals surface area contributed by atoms with Gasteiger partial charge in [0.1, 0.15) is 0 Å². The molecule has 0 spiro atoms. The molecule has 3 rings (SSSR count). The number of amides is 1. The van der Waals surface area contributed by atoms with Crippen molar-refractivity contribution in [1.82, 2.24) is 19.7 Å². The minimum Gasteiger partial charge on any atom is -0.382 e. The first-order chi connectivity index (χ1) is 14.2. The number of nitrogens with one attached hydrogen (secondary N) is 1. The lowest BCUT2D eigenvalue weighted by Gasteiger charge is -2.10. The third-order valence-electron chi connectivity index (χ3n) is 4.16. The molecule has 0 radical (unpaired) electrons. The van der Waals surface area contributed by atoms with E-state index >= 15 is 0 Å². The number of aromatic nitrogens is 4. The molecule has 1 N–H and O–H groups in total. The molecule has 1 aromatic carbocycles. The normalized spacial score (nSPS) is 10.8. The van der Waals surface area contributed by atoms with Crippen LogP contribution < -0.4 is 5.32 Å². The molecule has 0 atom stereocenters. The second-order valence-electron chi connectivity index (χ2n) is 6.45. The molecule has 7 nitrogen and oxygen atoms in total. The lowest BCUT2D eigenvalue weighted by molar-refractivity contribution is -0.113. The van der Waals surface area contributed by atoms with E-state index in [9.17, 15) is 4.79 Å². The molecule has 2 heterocycles. The van der Waals surface area contributed by atoms with Crippen molar-refractivity contribution in [3.63, 3.8) is 0 Å². The van der Waals surface area contributed by atoms with Gasteiger partial charge in [-0.1, -0.05) is 23.9 Å². The van der Waals surface area contributed by atoms with E-state index in [0.29, 0.717) is 24.9 Å². The van der Waals surface area contributed by atoms with Crippen LogP contribution in [0.3, 0.4) is 0 Å². The molecule has 0 saturated carbocycles. The Morgan fingerprint density at radius 1 is 1.21 bits per heavy atom. The zero-order chi connectivity index (χ0) is 20.5. The van der Waals surface area contributed by atoms with Crippen molar-refractivity contribution in [2.75, 3.05) is 24.3 Å². The number of aryl methyl sites for hydroxylation is 1. The number of hydrogen-bond donors (Lipinski definition) is 1. The van der Waals surface area contributed by atoms with Crippen LogP contribution in [-0.2, 0) is 16.1 Å². The maximum atomic E-state index is 12.4. The third kappa shape index (κ3) is 6.13. The largest absolute Gasteiger partial charge is 0.382 e. The van der Waals surface area contributed by atoms with Crippen molar-refractivity contribution in [3.8, 4) is 11.4 Å². The summed E-state index contributed by atoms with van der Waals surface area (Å²) in [5, 5.41) is 12.3. The predicted octanol–water partition coefficient (Wildman–Crippen LogP) is 3.81. The summed E-state index contributed by atoms with van der Waals surface area (Å²) in [6.45, 7) is 6.06. The van der Waals surface area contributed by atoms with Crippen LogP contribution >= 0.6 is 11.8 Å². The molecular formula is C21H25N5O2S. The second kappa shape index (κ2) is 10.7. The molecule has 0 unspecified atom stereocenters. The number of anilines is 1. The summed E-state index contributed by atoms with van der Waals surface area (Å²) in [6.07, 6.45) is 4.31. The van der Waals surface area contributed by atoms with Gasteiger partial charge in [0, 0.05) is 43.4 Å². The van der Waals surface area contributed by atoms with Crippen LogP contribution in [0.1, 0.15) is 18.9 Å². The molecule has 8 heteroatoms. The number of carbonyl (C=O) groups excluding carboxylic acids is 1. The number of hydrogen-bond acceptors (Lipinski definition) is 6. The maximum Gasteiger partial charge on any atom is 0.234 e. The maximum absolute atomic E-state index is 12.4. The second-order valence-corrected chi connectivity index (χ2v) is 7.39. The minimum absolute atomic E-state index is 0.0741. The van der Waals surface area contributed by atoms with E-state index < -0.39 is 0 Å². The van der Waals surface area contributed by atoms with Crippen molar-refractivity contribution < 1.29 is 9.53 Å². The fourth-order valence-corrected chi connectivity index (χ4v) is 3.60. The Labute approximate surface area is 174 Å². The van der Waals surface area contributed by atoms with Crippen molar-refractivity contribution in [2.45, 2.75) is 32.0 Å². The van der Waals surface area contributed by atoms with E-state index in [-0.39, 0.29) is 11.7 Å². The molecular weight excluding hydrogens is 386 g/mol. The van der Waals surface area contributed by atoms with Crippen LogP contribution in [-0.4, -0.2) is 44.6 Å². The topological polar surface area (TPSA) is 81.9 Å². The van der Waals surface area contributed by atoms with Crippen LogP contribution in [0.25, 0.3) is 11.4 Å². The smallest absolute Gasteiger partial charge is 0.234 e. The number of thioether (sulfide) groups is 1. The fraction of sp³-hybridized carbons (Fsp3) is 0.333. The van der Waals surface area contributed by atoms with Crippen molar-refractivity contribution in [1.29, 1.82) is 0 Å². The third-order valence-corrected chi connectivity index (χ3v) is 5.13. The fourth-order valence-electron chi connectivity index (χ4n) is 2.83. The molecule has 2 aromatic heterocycles. The van der Waals surface area contributed by atoms with Crippen LogP contribution in [0.5, 0.6) is 0 Å². The monoisotopic (exact) mass is 411 g/mol. The van der Waals surface area contributed by atoms with Gasteiger partial charge in [-0.05, 0) is 50.1 Å². The Hall–Kier alpha value is -2.71. The molecule has 29 heavy (non-hydrogen) atoms. The van der Waals surface area contributed by atoms with Crippen LogP contribution in [0, 0.1) is 6.92 Å². The van der Waals surface area contributed by atoms with Gasteiger partial charge in [-0.25, -0.2) is 0 Å². The average Bonchev–Trinajstić information content (AvgIpc) is 3.13. The van der Waals surface area contributed by atoms with Gasteiger partial charge in [0.25, 0.3) is 0 Å². The number of nitrogens with zero attached hydrogens (tertiary/aromatic N) is 4. The molecule has 3 aromatic rings. The van der Waals surface area contributed by atoms with Gasteiger partial charge in [0.05, 0.1) is 5.75 Å². The molecule has 0 aliphatic carbocycles. The van der Waals surface area contributed by atoms with Gasteiger partial charge in [-0.2, -0.15) is 0 Å². The molecule has 0 saturated heterocycles. The molecule has 0 fully saturated rings. The highest BCUT2D eigenvalue weighted by Crippen LogP contribution is 2.24. The number of carbonyl (C=O) groups is 1. The number of ether oxygens (including phenoxy) is 1. The van der Waals surface area contributed by atoms with Gasteiger partial charge in [-0.3, -0.25) is 9.78 Å². The molecule has 0 aliphatic heterocycles. The quantitative estimate of drug-likeness (QED) is 0.404. The highest BCUT2D eigenvalue weighted by molar-refractivity contribution is 7.99. The molecule has 152 valence electrons. The van der Waals surface area contributed by atoms with Gasteiger partial charge < -0.3 is 14.6 Å². The van der Waals surface area contributed by atoms with Crippen LogP contribution in [0.15, 0.2) is 53.9 Å². The van der Waals surface area contributed by atoms with Gasteiger partial charge in [0.2, 0.25) is 5.91 Å². The average molecular weight is 412 g/mol.